The molecule has 0 aliphatic heterocycles. The Morgan fingerprint density at radius 1 is 0.327 bits per heavy atom. The van der Waals surface area contributed by atoms with E-state index in [-0.39, 0.29) is 0 Å². The first-order valence-corrected chi connectivity index (χ1v) is 17.5. The fraction of sp³-hybridized carbons (Fsp3) is 0.0417. The lowest BCUT2D eigenvalue weighted by Crippen LogP contribution is -2.01. The van der Waals surface area contributed by atoms with Gasteiger partial charge in [0, 0.05) is 33.6 Å². The molecular weight excluding hydrogens is 633 g/mol. The maximum absolute atomic E-state index is 5.11. The molecule has 2 aromatic heterocycles. The van der Waals surface area contributed by atoms with E-state index < -0.39 is 0 Å². The first kappa shape index (κ1) is 32.4. The van der Waals surface area contributed by atoms with E-state index in [0.717, 1.165) is 72.6 Å². The van der Waals surface area contributed by atoms with Crippen LogP contribution in [-0.2, 0) is 0 Å². The van der Waals surface area contributed by atoms with E-state index in [9.17, 15) is 0 Å². The number of aromatic nitrogens is 4. The van der Waals surface area contributed by atoms with Crippen LogP contribution in [0.1, 0.15) is 33.6 Å². The maximum Gasteiger partial charge on any atom is 0.164 e. The largest absolute Gasteiger partial charge is 0.258 e. The van der Waals surface area contributed by atoms with Gasteiger partial charge in [-0.15, -0.1) is 0 Å². The fourth-order valence-electron chi connectivity index (χ4n) is 6.68. The summed E-state index contributed by atoms with van der Waals surface area (Å²) in [6.45, 7) is 4.07. The van der Waals surface area contributed by atoms with E-state index in [1.54, 1.807) is 0 Å². The third-order valence-electron chi connectivity index (χ3n) is 9.19. The van der Waals surface area contributed by atoms with Crippen LogP contribution < -0.4 is 0 Å². The summed E-state index contributed by atoms with van der Waals surface area (Å²) in [4.78, 5) is 19.9. The molecule has 4 heteroatoms. The molecule has 0 saturated carbocycles. The lowest BCUT2D eigenvalue weighted by Gasteiger charge is -2.18. The molecule has 0 aliphatic carbocycles. The van der Waals surface area contributed by atoms with Gasteiger partial charge in [0.2, 0.25) is 0 Å². The average molecular weight is 669 g/mol. The van der Waals surface area contributed by atoms with E-state index in [1.807, 2.05) is 37.3 Å². The van der Waals surface area contributed by atoms with Crippen molar-refractivity contribution in [1.29, 1.82) is 0 Å². The summed E-state index contributed by atoms with van der Waals surface area (Å²) in [6, 6.07) is 63.1. The summed E-state index contributed by atoms with van der Waals surface area (Å²) in [5, 5.41) is 0. The van der Waals surface area contributed by atoms with Crippen LogP contribution in [0.2, 0.25) is 0 Å². The number of hydrogen-bond donors (Lipinski definition) is 0. The smallest absolute Gasteiger partial charge is 0.164 e. The standard InChI is InChI=1S/C48H36N4/c1-33-26-31-43(34(2)49-33)35-27-29-40(30-28-35)47-50-46(39-22-13-6-14-23-39)51-48(52-47)42-25-15-24-41(32-42)45(38-20-11-5-12-21-38)44(36-16-7-3-8-17-36)37-18-9-4-10-19-37/h3-32H,1-2H3. The molecule has 0 bridgehead atoms. The summed E-state index contributed by atoms with van der Waals surface area (Å²) in [5.74, 6) is 1.86. The lowest BCUT2D eigenvalue weighted by atomic mass is 9.85. The summed E-state index contributed by atoms with van der Waals surface area (Å²) in [7, 11) is 0. The van der Waals surface area contributed by atoms with Gasteiger partial charge in [-0.3, -0.25) is 4.98 Å². The molecule has 0 aliphatic rings. The van der Waals surface area contributed by atoms with Crippen LogP contribution in [0.4, 0.5) is 0 Å². The Kier molecular flexibility index (Phi) is 9.10. The molecule has 248 valence electrons. The van der Waals surface area contributed by atoms with Gasteiger partial charge in [-0.05, 0) is 64.9 Å². The zero-order valence-corrected chi connectivity index (χ0v) is 29.1. The Bertz CT molecular complexity index is 2450. The van der Waals surface area contributed by atoms with Crippen LogP contribution in [0.15, 0.2) is 182 Å². The van der Waals surface area contributed by atoms with Crippen LogP contribution in [-0.4, -0.2) is 19.9 Å². The first-order valence-electron chi connectivity index (χ1n) is 17.5. The van der Waals surface area contributed by atoms with Crippen LogP contribution in [0.5, 0.6) is 0 Å². The first-order chi connectivity index (χ1) is 25.6. The second-order valence-corrected chi connectivity index (χ2v) is 12.8. The van der Waals surface area contributed by atoms with E-state index in [1.165, 1.54) is 0 Å². The van der Waals surface area contributed by atoms with Crippen molar-refractivity contribution in [2.75, 3.05) is 0 Å². The molecule has 8 aromatic rings. The van der Waals surface area contributed by atoms with E-state index in [0.29, 0.717) is 17.5 Å². The minimum Gasteiger partial charge on any atom is -0.258 e. The molecule has 0 unspecified atom stereocenters. The highest BCUT2D eigenvalue weighted by molar-refractivity contribution is 6.04. The number of rotatable bonds is 8. The Morgan fingerprint density at radius 3 is 1.25 bits per heavy atom. The minimum absolute atomic E-state index is 0.613. The minimum atomic E-state index is 0.613. The third-order valence-corrected chi connectivity index (χ3v) is 9.19. The monoisotopic (exact) mass is 668 g/mol. The summed E-state index contributed by atoms with van der Waals surface area (Å²) in [5.41, 5.74) is 13.8. The van der Waals surface area contributed by atoms with Crippen molar-refractivity contribution in [2.24, 2.45) is 0 Å². The van der Waals surface area contributed by atoms with Crippen molar-refractivity contribution in [3.8, 4) is 45.3 Å². The van der Waals surface area contributed by atoms with Gasteiger partial charge in [0.1, 0.15) is 0 Å². The van der Waals surface area contributed by atoms with Gasteiger partial charge in [-0.2, -0.15) is 0 Å². The van der Waals surface area contributed by atoms with E-state index in [2.05, 4.69) is 164 Å². The fourth-order valence-corrected chi connectivity index (χ4v) is 6.68. The van der Waals surface area contributed by atoms with Gasteiger partial charge in [-0.1, -0.05) is 170 Å². The predicted octanol–water partition coefficient (Wildman–Crippen LogP) is 11.6. The van der Waals surface area contributed by atoms with Crippen molar-refractivity contribution in [1.82, 2.24) is 19.9 Å². The van der Waals surface area contributed by atoms with Crippen LogP contribution in [0.3, 0.4) is 0 Å². The second kappa shape index (κ2) is 14.6. The van der Waals surface area contributed by atoms with Crippen LogP contribution in [0.25, 0.3) is 56.4 Å². The number of nitrogens with zero attached hydrogens (tertiary/aromatic N) is 4. The number of pyridine rings is 1. The Morgan fingerprint density at radius 2 is 0.731 bits per heavy atom. The molecule has 0 fully saturated rings. The lowest BCUT2D eigenvalue weighted by molar-refractivity contribution is 1.07. The molecule has 0 saturated heterocycles. The van der Waals surface area contributed by atoms with Crippen molar-refractivity contribution in [2.45, 2.75) is 13.8 Å². The summed E-state index contributed by atoms with van der Waals surface area (Å²) in [6.07, 6.45) is 0. The molecule has 0 atom stereocenters. The van der Waals surface area contributed by atoms with Crippen molar-refractivity contribution in [3.63, 3.8) is 0 Å². The molecule has 52 heavy (non-hydrogen) atoms. The highest BCUT2D eigenvalue weighted by Gasteiger charge is 2.18. The topological polar surface area (TPSA) is 51.6 Å². The highest BCUT2D eigenvalue weighted by Crippen LogP contribution is 2.38. The molecule has 6 aromatic carbocycles. The van der Waals surface area contributed by atoms with Crippen molar-refractivity contribution in [3.05, 3.63) is 216 Å². The maximum atomic E-state index is 5.11. The van der Waals surface area contributed by atoms with Gasteiger partial charge in [0.25, 0.3) is 0 Å². The zero-order chi connectivity index (χ0) is 35.3. The Hall–Kier alpha value is -6.78. The number of hydrogen-bond acceptors (Lipinski definition) is 4. The molecule has 0 amide bonds. The SMILES string of the molecule is Cc1ccc(-c2ccc(-c3nc(-c4ccccc4)nc(-c4cccc(C(=C(c5ccccc5)c5ccccc5)c5ccccc5)c4)n3)cc2)c(C)n1. The summed E-state index contributed by atoms with van der Waals surface area (Å²) >= 11 is 0. The number of benzene rings is 6. The van der Waals surface area contributed by atoms with Gasteiger partial charge in [0.05, 0.1) is 0 Å². The molecule has 2 heterocycles. The molecule has 8 rings (SSSR count). The van der Waals surface area contributed by atoms with E-state index >= 15 is 0 Å². The van der Waals surface area contributed by atoms with Gasteiger partial charge < -0.3 is 0 Å². The average Bonchev–Trinajstić information content (AvgIpc) is 3.21. The van der Waals surface area contributed by atoms with Gasteiger partial charge >= 0.3 is 0 Å². The van der Waals surface area contributed by atoms with Crippen molar-refractivity contribution >= 4 is 11.1 Å². The Labute approximate surface area is 304 Å². The molecule has 0 radical (unpaired) electrons. The molecular formula is C48H36N4. The van der Waals surface area contributed by atoms with Crippen LogP contribution in [0, 0.1) is 13.8 Å². The summed E-state index contributed by atoms with van der Waals surface area (Å²) < 4.78 is 0. The molecule has 4 nitrogen and oxygen atoms in total. The van der Waals surface area contributed by atoms with Gasteiger partial charge in [-0.25, -0.2) is 15.0 Å². The normalized spacial score (nSPS) is 10.9. The Balaban J connectivity index is 1.30. The van der Waals surface area contributed by atoms with Gasteiger partial charge in [0.15, 0.2) is 17.5 Å². The third kappa shape index (κ3) is 6.83. The molecule has 0 N–H and O–H groups in total. The zero-order valence-electron chi connectivity index (χ0n) is 29.1. The quantitative estimate of drug-likeness (QED) is 0.151. The molecule has 0 spiro atoms. The number of aryl methyl sites for hydroxylation is 2. The highest BCUT2D eigenvalue weighted by atomic mass is 15.0. The second-order valence-electron chi connectivity index (χ2n) is 12.8. The van der Waals surface area contributed by atoms with E-state index in [4.69, 9.17) is 15.0 Å². The van der Waals surface area contributed by atoms with Crippen molar-refractivity contribution < 1.29 is 0 Å². The predicted molar refractivity (Wildman–Crippen MR) is 213 cm³/mol. The van der Waals surface area contributed by atoms with Crippen LogP contribution >= 0.6 is 0 Å².